The van der Waals surface area contributed by atoms with Crippen molar-refractivity contribution >= 4 is 33.1 Å². The Labute approximate surface area is 125 Å². The molecule has 0 fully saturated rings. The molecule has 2 aromatic rings. The number of nitrogens with two attached hydrogens (primary N) is 1. The topological polar surface area (TPSA) is 53.1 Å². The second kappa shape index (κ2) is 6.05. The van der Waals surface area contributed by atoms with Crippen molar-refractivity contribution in [1.82, 2.24) is 0 Å². The lowest BCUT2D eigenvalue weighted by Crippen LogP contribution is -2.21. The Bertz CT molecular complexity index is 626. The Hall–Kier alpha value is -1.88. The Morgan fingerprint density at radius 1 is 1.25 bits per heavy atom. The number of anilines is 2. The first-order chi connectivity index (χ1) is 9.52. The molecule has 0 unspecified atom stereocenters. The average Bonchev–Trinajstić information content (AvgIpc) is 2.43. The molecule has 104 valence electrons. The lowest BCUT2D eigenvalue weighted by Gasteiger charge is -2.25. The molecule has 0 bridgehead atoms. The highest BCUT2D eigenvalue weighted by molar-refractivity contribution is 9.10. The summed E-state index contributed by atoms with van der Waals surface area (Å²) in [4.78, 5) is 1.99. The van der Waals surface area contributed by atoms with Crippen LogP contribution in [0.1, 0.15) is 12.5 Å². The number of hydrogen-bond acceptors (Lipinski definition) is 2. The zero-order chi connectivity index (χ0) is 14.7. The fraction of sp³-hybridized carbons (Fsp3) is 0.133. The van der Waals surface area contributed by atoms with Gasteiger partial charge in [0.15, 0.2) is 0 Å². The van der Waals surface area contributed by atoms with E-state index in [9.17, 15) is 4.39 Å². The van der Waals surface area contributed by atoms with Gasteiger partial charge in [-0.15, -0.1) is 0 Å². The lowest BCUT2D eigenvalue weighted by molar-refractivity contribution is 0.628. The van der Waals surface area contributed by atoms with Crippen molar-refractivity contribution in [2.24, 2.45) is 5.73 Å². The highest BCUT2D eigenvalue weighted by atomic mass is 79.9. The Morgan fingerprint density at radius 3 is 2.45 bits per heavy atom. The van der Waals surface area contributed by atoms with Gasteiger partial charge in [-0.25, -0.2) is 4.39 Å². The summed E-state index contributed by atoms with van der Waals surface area (Å²) in [7, 11) is 0. The fourth-order valence-electron chi connectivity index (χ4n) is 2.07. The molecule has 3 nitrogen and oxygen atoms in total. The van der Waals surface area contributed by atoms with E-state index in [1.54, 1.807) is 12.1 Å². The summed E-state index contributed by atoms with van der Waals surface area (Å²) in [5.74, 6) is -0.269. The maximum atomic E-state index is 13.0. The van der Waals surface area contributed by atoms with Crippen LogP contribution in [0.15, 0.2) is 46.9 Å². The molecule has 0 radical (unpaired) electrons. The van der Waals surface area contributed by atoms with Crippen LogP contribution >= 0.6 is 15.9 Å². The van der Waals surface area contributed by atoms with Crippen molar-refractivity contribution in [1.29, 1.82) is 5.41 Å². The van der Waals surface area contributed by atoms with E-state index >= 15 is 0 Å². The summed E-state index contributed by atoms with van der Waals surface area (Å²) in [5.41, 5.74) is 7.99. The molecular formula is C15H15BrFN3. The molecule has 20 heavy (non-hydrogen) atoms. The van der Waals surface area contributed by atoms with Crippen LogP contribution in [0, 0.1) is 11.2 Å². The molecule has 0 aliphatic heterocycles. The quantitative estimate of drug-likeness (QED) is 0.654. The van der Waals surface area contributed by atoms with Gasteiger partial charge < -0.3 is 10.6 Å². The minimum atomic E-state index is -0.271. The van der Waals surface area contributed by atoms with Crippen molar-refractivity contribution in [2.45, 2.75) is 6.92 Å². The summed E-state index contributed by atoms with van der Waals surface area (Å²) in [6.45, 7) is 2.68. The number of rotatable bonds is 4. The monoisotopic (exact) mass is 335 g/mol. The van der Waals surface area contributed by atoms with Crippen LogP contribution in [0.5, 0.6) is 0 Å². The Kier molecular flexibility index (Phi) is 4.39. The highest BCUT2D eigenvalue weighted by Gasteiger charge is 2.14. The maximum absolute atomic E-state index is 13.0. The molecule has 0 heterocycles. The Balaban J connectivity index is 2.51. The Morgan fingerprint density at radius 2 is 1.90 bits per heavy atom. The van der Waals surface area contributed by atoms with E-state index in [1.807, 2.05) is 30.0 Å². The van der Waals surface area contributed by atoms with E-state index in [0.717, 1.165) is 15.8 Å². The molecular weight excluding hydrogens is 321 g/mol. The van der Waals surface area contributed by atoms with Gasteiger partial charge in [0.2, 0.25) is 0 Å². The van der Waals surface area contributed by atoms with Gasteiger partial charge in [0, 0.05) is 22.3 Å². The van der Waals surface area contributed by atoms with Crippen molar-refractivity contribution in [3.8, 4) is 0 Å². The number of halogens is 2. The zero-order valence-corrected chi connectivity index (χ0v) is 12.6. The number of hydrogen-bond donors (Lipinski definition) is 2. The SMILES string of the molecule is CCN(c1ccc(F)cc1)c1ccc(Br)cc1C(=N)N. The van der Waals surface area contributed by atoms with Crippen LogP contribution in [0.2, 0.25) is 0 Å². The molecule has 2 aromatic carbocycles. The smallest absolute Gasteiger partial charge is 0.124 e. The molecule has 0 spiro atoms. The van der Waals surface area contributed by atoms with E-state index in [4.69, 9.17) is 11.1 Å². The van der Waals surface area contributed by atoms with E-state index < -0.39 is 0 Å². The molecule has 0 aromatic heterocycles. The van der Waals surface area contributed by atoms with Crippen LogP contribution in [0.25, 0.3) is 0 Å². The van der Waals surface area contributed by atoms with Gasteiger partial charge in [-0.3, -0.25) is 5.41 Å². The van der Waals surface area contributed by atoms with Crippen molar-refractivity contribution in [2.75, 3.05) is 11.4 Å². The molecule has 0 saturated heterocycles. The highest BCUT2D eigenvalue weighted by Crippen LogP contribution is 2.30. The molecule has 2 rings (SSSR count). The van der Waals surface area contributed by atoms with Crippen molar-refractivity contribution < 1.29 is 4.39 Å². The van der Waals surface area contributed by atoms with Crippen LogP contribution < -0.4 is 10.6 Å². The zero-order valence-electron chi connectivity index (χ0n) is 11.0. The van der Waals surface area contributed by atoms with Crippen LogP contribution in [0.3, 0.4) is 0 Å². The third kappa shape index (κ3) is 2.99. The van der Waals surface area contributed by atoms with Gasteiger partial charge in [-0.1, -0.05) is 15.9 Å². The van der Waals surface area contributed by atoms with Crippen LogP contribution in [0.4, 0.5) is 15.8 Å². The fourth-order valence-corrected chi connectivity index (χ4v) is 2.43. The van der Waals surface area contributed by atoms with Crippen molar-refractivity contribution in [3.05, 3.63) is 58.3 Å². The number of nitrogen functional groups attached to an aromatic ring is 1. The third-order valence-corrected chi connectivity index (χ3v) is 3.49. The van der Waals surface area contributed by atoms with Crippen LogP contribution in [-0.2, 0) is 0 Å². The van der Waals surface area contributed by atoms with E-state index in [0.29, 0.717) is 12.1 Å². The lowest BCUT2D eigenvalue weighted by atomic mass is 10.1. The first-order valence-corrected chi connectivity index (χ1v) is 6.99. The number of nitrogens with zero attached hydrogens (tertiary/aromatic N) is 1. The van der Waals surface area contributed by atoms with E-state index in [1.165, 1.54) is 12.1 Å². The predicted molar refractivity (Wildman–Crippen MR) is 84.2 cm³/mol. The molecule has 0 atom stereocenters. The first kappa shape index (κ1) is 14.5. The van der Waals surface area contributed by atoms with Gasteiger partial charge in [-0.05, 0) is 49.4 Å². The largest absolute Gasteiger partial charge is 0.384 e. The molecule has 0 aliphatic carbocycles. The minimum absolute atomic E-state index is 0.00172. The van der Waals surface area contributed by atoms with Crippen molar-refractivity contribution in [3.63, 3.8) is 0 Å². The summed E-state index contributed by atoms with van der Waals surface area (Å²) in [5, 5.41) is 7.71. The predicted octanol–water partition coefficient (Wildman–Crippen LogP) is 4.03. The van der Waals surface area contributed by atoms with Gasteiger partial charge in [0.05, 0.1) is 5.69 Å². The summed E-state index contributed by atoms with van der Waals surface area (Å²) >= 11 is 3.38. The summed E-state index contributed by atoms with van der Waals surface area (Å²) < 4.78 is 13.9. The second-order valence-corrected chi connectivity index (χ2v) is 5.21. The van der Waals surface area contributed by atoms with Gasteiger partial charge in [0.25, 0.3) is 0 Å². The van der Waals surface area contributed by atoms with Gasteiger partial charge in [-0.2, -0.15) is 0 Å². The number of amidine groups is 1. The standard InChI is InChI=1S/C15H15BrFN3/c1-2-20(12-6-4-11(17)5-7-12)14-8-3-10(16)9-13(14)15(18)19/h3-9H,2H2,1H3,(H3,18,19). The van der Waals surface area contributed by atoms with Gasteiger partial charge >= 0.3 is 0 Å². The normalized spacial score (nSPS) is 10.3. The average molecular weight is 336 g/mol. The van der Waals surface area contributed by atoms with Crippen LogP contribution in [-0.4, -0.2) is 12.4 Å². The van der Waals surface area contributed by atoms with Gasteiger partial charge in [0.1, 0.15) is 11.7 Å². The van der Waals surface area contributed by atoms with E-state index in [-0.39, 0.29) is 11.7 Å². The first-order valence-electron chi connectivity index (χ1n) is 6.20. The number of benzene rings is 2. The molecule has 5 heteroatoms. The minimum Gasteiger partial charge on any atom is -0.384 e. The molecule has 3 N–H and O–H groups in total. The summed E-state index contributed by atoms with van der Waals surface area (Å²) in [6.07, 6.45) is 0. The molecule has 0 amide bonds. The summed E-state index contributed by atoms with van der Waals surface area (Å²) in [6, 6.07) is 11.9. The maximum Gasteiger partial charge on any atom is 0.124 e. The molecule has 0 saturated carbocycles. The van der Waals surface area contributed by atoms with E-state index in [2.05, 4.69) is 15.9 Å². The third-order valence-electron chi connectivity index (χ3n) is 2.99. The number of nitrogens with one attached hydrogen (secondary N) is 1. The molecule has 0 aliphatic rings. The second-order valence-electron chi connectivity index (χ2n) is 4.30.